The summed E-state index contributed by atoms with van der Waals surface area (Å²) >= 11 is 9.64. The van der Waals surface area contributed by atoms with E-state index >= 15 is 0 Å². The monoisotopic (exact) mass is 630 g/mol. The van der Waals surface area contributed by atoms with Crippen molar-refractivity contribution >= 4 is 81.6 Å². The third-order valence-corrected chi connectivity index (χ3v) is 9.16. The predicted octanol–water partition coefficient (Wildman–Crippen LogP) is 8.50. The maximum Gasteiger partial charge on any atom is 0.303 e. The number of fused-ring (bicyclic) bond motifs is 8. The molecule has 3 aromatic heterocycles. The van der Waals surface area contributed by atoms with Crippen molar-refractivity contribution in [3.8, 4) is 0 Å². The number of carboxylic acid groups (broad SMARTS) is 2. The molecule has 5 heterocycles. The van der Waals surface area contributed by atoms with E-state index in [4.69, 9.17) is 35.2 Å². The van der Waals surface area contributed by atoms with E-state index in [1.165, 1.54) is 0 Å². The van der Waals surface area contributed by atoms with Crippen molar-refractivity contribution < 1.29 is 19.8 Å². The number of rotatable bonds is 8. The molecule has 0 spiro atoms. The Morgan fingerprint density at radius 3 is 1.45 bits per heavy atom. The Hall–Kier alpha value is -3.76. The summed E-state index contributed by atoms with van der Waals surface area (Å²) in [4.78, 5) is 40.4. The number of carboxylic acids is 2. The number of aryl methyl sites for hydroxylation is 2. The Labute approximate surface area is 267 Å². The van der Waals surface area contributed by atoms with Crippen LogP contribution in [0.1, 0.15) is 109 Å². The van der Waals surface area contributed by atoms with Gasteiger partial charge in [0.2, 0.25) is 0 Å². The van der Waals surface area contributed by atoms with Gasteiger partial charge in [0.05, 0.1) is 22.8 Å². The van der Waals surface area contributed by atoms with Crippen molar-refractivity contribution in [2.75, 3.05) is 0 Å². The number of aromatic amines is 2. The van der Waals surface area contributed by atoms with E-state index < -0.39 is 11.9 Å². The Morgan fingerprint density at radius 2 is 1.05 bits per heavy atom. The molecule has 230 valence electrons. The van der Waals surface area contributed by atoms with Crippen molar-refractivity contribution in [2.24, 2.45) is 0 Å². The first-order valence-electron chi connectivity index (χ1n) is 14.7. The standard InChI is InChI=1S/C34H38N4O4S2/c1-15-21(7-9-31(39)40)27-14-28-22(8-10-32(41)42)16(2)24(36-28)12-29-34(20(6)44)18(4)26(38-29)13-30-33(19(5)43)17(3)25(37-30)11-23(15)35-27/h11-14,19-20,37-38,43-44H,7-10H2,1-6H3,(H,39,40)(H,41,42)/t19?,20-/m0/s1. The zero-order valence-electron chi connectivity index (χ0n) is 25.8. The fourth-order valence-corrected chi connectivity index (χ4v) is 6.98. The quantitative estimate of drug-likeness (QED) is 0.138. The first kappa shape index (κ1) is 31.7. The second-order valence-electron chi connectivity index (χ2n) is 11.7. The van der Waals surface area contributed by atoms with E-state index in [0.717, 1.165) is 78.0 Å². The minimum Gasteiger partial charge on any atom is -0.481 e. The summed E-state index contributed by atoms with van der Waals surface area (Å²) in [5, 5.41) is 18.9. The molecule has 0 aromatic carbocycles. The first-order chi connectivity index (χ1) is 20.8. The van der Waals surface area contributed by atoms with Crippen molar-refractivity contribution in [1.82, 2.24) is 19.9 Å². The SMILES string of the molecule is CC1=C(CCC(=O)O)c2cc3nc(cc4[nH]c(cc5[nH]c(cc1n2)c(C)c5C(C)S)c(C)c4[C@H](C)S)C(C)=C3CCC(=O)O. The lowest BCUT2D eigenvalue weighted by atomic mass is 9.98. The summed E-state index contributed by atoms with van der Waals surface area (Å²) < 4.78 is 0. The van der Waals surface area contributed by atoms with E-state index in [0.29, 0.717) is 24.2 Å². The van der Waals surface area contributed by atoms with Gasteiger partial charge in [-0.15, -0.1) is 0 Å². The van der Waals surface area contributed by atoms with Crippen LogP contribution in [0.2, 0.25) is 0 Å². The minimum atomic E-state index is -0.886. The average molecular weight is 631 g/mol. The van der Waals surface area contributed by atoms with Crippen LogP contribution in [0.4, 0.5) is 0 Å². The van der Waals surface area contributed by atoms with Crippen molar-refractivity contribution in [2.45, 2.75) is 77.7 Å². The van der Waals surface area contributed by atoms with Crippen molar-refractivity contribution in [1.29, 1.82) is 0 Å². The van der Waals surface area contributed by atoms with E-state index in [2.05, 4.69) is 36.8 Å². The molecule has 10 heteroatoms. The summed E-state index contributed by atoms with van der Waals surface area (Å²) in [6.07, 6.45) is 0.549. The van der Waals surface area contributed by atoms with Gasteiger partial charge in [0.1, 0.15) is 0 Å². The van der Waals surface area contributed by atoms with Gasteiger partial charge in [-0.2, -0.15) is 25.3 Å². The molecular weight excluding hydrogens is 593 g/mol. The number of nitrogens with one attached hydrogen (secondary N) is 2. The summed E-state index contributed by atoms with van der Waals surface area (Å²) in [7, 11) is 0. The van der Waals surface area contributed by atoms with Crippen LogP contribution in [0.25, 0.3) is 44.4 Å². The van der Waals surface area contributed by atoms with Gasteiger partial charge in [-0.25, -0.2) is 9.97 Å². The zero-order chi connectivity index (χ0) is 32.0. The fourth-order valence-electron chi connectivity index (χ4n) is 6.32. The molecule has 8 bridgehead atoms. The number of hydrogen-bond acceptors (Lipinski definition) is 6. The first-order valence-corrected chi connectivity index (χ1v) is 15.8. The normalized spacial score (nSPS) is 14.7. The minimum absolute atomic E-state index is 0.0338. The van der Waals surface area contributed by atoms with Crippen molar-refractivity contribution in [3.63, 3.8) is 0 Å². The number of aromatic nitrogens is 4. The molecule has 0 amide bonds. The van der Waals surface area contributed by atoms with Crippen LogP contribution < -0.4 is 0 Å². The number of hydrogen-bond donors (Lipinski definition) is 6. The van der Waals surface area contributed by atoms with Gasteiger partial charge < -0.3 is 20.2 Å². The van der Waals surface area contributed by atoms with Gasteiger partial charge >= 0.3 is 11.9 Å². The van der Waals surface area contributed by atoms with Crippen LogP contribution in [-0.2, 0) is 9.59 Å². The van der Waals surface area contributed by atoms with Gasteiger partial charge in [0.25, 0.3) is 0 Å². The van der Waals surface area contributed by atoms with E-state index in [9.17, 15) is 19.8 Å². The molecule has 0 saturated heterocycles. The molecular formula is C34H38N4O4S2. The molecule has 5 rings (SSSR count). The van der Waals surface area contributed by atoms with Gasteiger partial charge in [-0.3, -0.25) is 9.59 Å². The molecule has 2 aliphatic rings. The zero-order valence-corrected chi connectivity index (χ0v) is 27.6. The fraction of sp³-hybridized carbons (Fsp3) is 0.353. The van der Waals surface area contributed by atoms with Gasteiger partial charge in [-0.05, 0) is 123 Å². The highest BCUT2D eigenvalue weighted by Gasteiger charge is 2.23. The molecule has 4 N–H and O–H groups in total. The molecule has 0 fully saturated rings. The summed E-state index contributed by atoms with van der Waals surface area (Å²) in [5.74, 6) is -1.77. The topological polar surface area (TPSA) is 132 Å². The Bertz CT molecular complexity index is 1930. The predicted molar refractivity (Wildman–Crippen MR) is 184 cm³/mol. The number of H-pyrrole nitrogens is 2. The highest BCUT2D eigenvalue weighted by atomic mass is 32.1. The summed E-state index contributed by atoms with van der Waals surface area (Å²) in [6.45, 7) is 12.2. The molecule has 3 aromatic rings. The van der Waals surface area contributed by atoms with E-state index in [1.807, 2.05) is 39.0 Å². The lowest BCUT2D eigenvalue weighted by Crippen LogP contribution is -1.97. The number of thiol groups is 2. The van der Waals surface area contributed by atoms with Crippen molar-refractivity contribution in [3.05, 3.63) is 69.3 Å². The van der Waals surface area contributed by atoms with E-state index in [1.54, 1.807) is 0 Å². The molecule has 0 saturated carbocycles. The number of carbonyl (C=O) groups is 2. The number of aliphatic carboxylic acids is 2. The number of allylic oxidation sites excluding steroid dienone is 4. The second kappa shape index (κ2) is 12.3. The largest absolute Gasteiger partial charge is 0.481 e. The molecule has 1 unspecified atom stereocenters. The van der Waals surface area contributed by atoms with Crippen LogP contribution >= 0.6 is 25.3 Å². The van der Waals surface area contributed by atoms with Crippen LogP contribution in [0.3, 0.4) is 0 Å². The summed E-state index contributed by atoms with van der Waals surface area (Å²) in [5.41, 5.74) is 14.2. The van der Waals surface area contributed by atoms with Crippen LogP contribution in [0, 0.1) is 13.8 Å². The maximum atomic E-state index is 11.6. The number of nitrogens with zero attached hydrogens (tertiary/aromatic N) is 2. The van der Waals surface area contributed by atoms with Crippen LogP contribution in [0.5, 0.6) is 0 Å². The third-order valence-electron chi connectivity index (χ3n) is 8.65. The van der Waals surface area contributed by atoms with E-state index in [-0.39, 0.29) is 23.3 Å². The Morgan fingerprint density at radius 1 is 0.659 bits per heavy atom. The molecule has 44 heavy (non-hydrogen) atoms. The van der Waals surface area contributed by atoms with Crippen LogP contribution in [-0.4, -0.2) is 42.1 Å². The lowest BCUT2D eigenvalue weighted by Gasteiger charge is -2.05. The Kier molecular flexibility index (Phi) is 8.87. The van der Waals surface area contributed by atoms with Gasteiger partial charge in [0.15, 0.2) is 0 Å². The Balaban J connectivity index is 1.95. The lowest BCUT2D eigenvalue weighted by molar-refractivity contribution is -0.137. The highest BCUT2D eigenvalue weighted by molar-refractivity contribution is 7.80. The van der Waals surface area contributed by atoms with Gasteiger partial charge in [0, 0.05) is 45.4 Å². The molecule has 2 atom stereocenters. The van der Waals surface area contributed by atoms with Gasteiger partial charge in [-0.1, -0.05) is 0 Å². The second-order valence-corrected chi connectivity index (χ2v) is 13.2. The highest BCUT2D eigenvalue weighted by Crippen LogP contribution is 2.39. The average Bonchev–Trinajstić information content (AvgIpc) is 3.59. The smallest absolute Gasteiger partial charge is 0.303 e. The summed E-state index contributed by atoms with van der Waals surface area (Å²) in [6, 6.07) is 8.02. The molecule has 0 aliphatic carbocycles. The van der Waals surface area contributed by atoms with Crippen LogP contribution in [0.15, 0.2) is 24.3 Å². The molecule has 2 aliphatic heterocycles. The third kappa shape index (κ3) is 5.97. The molecule has 0 radical (unpaired) electrons. The molecule has 8 nitrogen and oxygen atoms in total. The maximum absolute atomic E-state index is 11.6.